The standard InChI is InChI=1S/C32H58O2/c1-3-5-7-9-11-13-15-17-18-19-21-23-25-27-29-31-34-32(33)30-28-26-24-22-20-16-14-12-10-8-6-4-2/h4,6,11-14H,3,5,7-10,15-31H2,1-2H3/b6-4-,13-11-,14-12-. The molecule has 0 aliphatic carbocycles. The van der Waals surface area contributed by atoms with E-state index < -0.39 is 0 Å². The highest BCUT2D eigenvalue weighted by Gasteiger charge is 2.02. The lowest BCUT2D eigenvalue weighted by Crippen LogP contribution is -2.05. The molecule has 0 heterocycles. The van der Waals surface area contributed by atoms with Crippen LogP contribution in [0.1, 0.15) is 155 Å². The third-order valence-corrected chi connectivity index (χ3v) is 6.32. The van der Waals surface area contributed by atoms with Crippen LogP contribution in [0.15, 0.2) is 36.5 Å². The average molecular weight is 475 g/mol. The molecule has 0 spiro atoms. The Bertz CT molecular complexity index is 489. The van der Waals surface area contributed by atoms with Crippen LogP contribution in [0.3, 0.4) is 0 Å². The number of hydrogen-bond acceptors (Lipinski definition) is 2. The second-order valence-electron chi connectivity index (χ2n) is 9.73. The Morgan fingerprint density at radius 3 is 1.53 bits per heavy atom. The van der Waals surface area contributed by atoms with Crippen LogP contribution in [0.2, 0.25) is 0 Å². The van der Waals surface area contributed by atoms with Crippen molar-refractivity contribution in [3.8, 4) is 0 Å². The largest absolute Gasteiger partial charge is 0.466 e. The van der Waals surface area contributed by atoms with E-state index in [1.807, 2.05) is 0 Å². The van der Waals surface area contributed by atoms with E-state index in [1.165, 1.54) is 103 Å². The summed E-state index contributed by atoms with van der Waals surface area (Å²) >= 11 is 0. The predicted molar refractivity (Wildman–Crippen MR) is 151 cm³/mol. The SMILES string of the molecule is C/C=C\CC/C=C\CCCCCCCC(=O)OCCCCCCCCCC/C=C\CCCCC. The molecule has 0 aliphatic rings. The Kier molecular flexibility index (Phi) is 28.6. The topological polar surface area (TPSA) is 26.3 Å². The van der Waals surface area contributed by atoms with Gasteiger partial charge in [0.25, 0.3) is 0 Å². The Balaban J connectivity index is 3.22. The van der Waals surface area contributed by atoms with E-state index in [2.05, 4.69) is 50.3 Å². The van der Waals surface area contributed by atoms with E-state index in [9.17, 15) is 4.79 Å². The molecule has 0 aromatic rings. The summed E-state index contributed by atoms with van der Waals surface area (Å²) in [5.41, 5.74) is 0. The number of ether oxygens (including phenoxy) is 1. The third kappa shape index (κ3) is 28.7. The van der Waals surface area contributed by atoms with Crippen molar-refractivity contribution in [2.45, 2.75) is 155 Å². The minimum atomic E-state index is 0.00322. The molecular formula is C32H58O2. The summed E-state index contributed by atoms with van der Waals surface area (Å²) < 4.78 is 5.40. The van der Waals surface area contributed by atoms with Gasteiger partial charge in [0.2, 0.25) is 0 Å². The maximum atomic E-state index is 11.8. The van der Waals surface area contributed by atoms with Gasteiger partial charge in [-0.15, -0.1) is 0 Å². The highest BCUT2D eigenvalue weighted by atomic mass is 16.5. The normalized spacial score (nSPS) is 11.9. The highest BCUT2D eigenvalue weighted by molar-refractivity contribution is 5.69. The van der Waals surface area contributed by atoms with Gasteiger partial charge in [0.05, 0.1) is 6.61 Å². The van der Waals surface area contributed by atoms with E-state index in [4.69, 9.17) is 4.74 Å². The molecule has 198 valence electrons. The molecule has 0 N–H and O–H groups in total. The summed E-state index contributed by atoms with van der Waals surface area (Å²) in [7, 11) is 0. The molecule has 0 saturated carbocycles. The fourth-order valence-electron chi connectivity index (χ4n) is 4.09. The van der Waals surface area contributed by atoms with Gasteiger partial charge in [0, 0.05) is 6.42 Å². The van der Waals surface area contributed by atoms with Crippen LogP contribution in [0.5, 0.6) is 0 Å². The molecular weight excluding hydrogens is 416 g/mol. The van der Waals surface area contributed by atoms with Gasteiger partial charge < -0.3 is 4.74 Å². The summed E-state index contributed by atoms with van der Waals surface area (Å²) in [4.78, 5) is 11.8. The van der Waals surface area contributed by atoms with Crippen molar-refractivity contribution in [1.29, 1.82) is 0 Å². The first-order chi connectivity index (χ1) is 16.8. The van der Waals surface area contributed by atoms with E-state index in [1.54, 1.807) is 0 Å². The van der Waals surface area contributed by atoms with E-state index in [0.717, 1.165) is 32.1 Å². The second kappa shape index (κ2) is 29.7. The number of esters is 1. The first-order valence-electron chi connectivity index (χ1n) is 14.9. The number of hydrogen-bond donors (Lipinski definition) is 0. The molecule has 0 rings (SSSR count). The summed E-state index contributed by atoms with van der Waals surface area (Å²) in [6.07, 6.45) is 40.5. The first kappa shape index (κ1) is 32.7. The Labute approximate surface area is 213 Å². The molecule has 0 unspecified atom stereocenters. The number of allylic oxidation sites excluding steroid dienone is 6. The van der Waals surface area contributed by atoms with Crippen LogP contribution < -0.4 is 0 Å². The number of unbranched alkanes of at least 4 members (excludes halogenated alkanes) is 17. The Morgan fingerprint density at radius 2 is 0.971 bits per heavy atom. The molecule has 34 heavy (non-hydrogen) atoms. The van der Waals surface area contributed by atoms with Gasteiger partial charge in [0.15, 0.2) is 0 Å². The number of carbonyl (C=O) groups is 1. The first-order valence-corrected chi connectivity index (χ1v) is 14.9. The van der Waals surface area contributed by atoms with E-state index >= 15 is 0 Å². The van der Waals surface area contributed by atoms with Crippen LogP contribution in [-0.4, -0.2) is 12.6 Å². The molecule has 0 aromatic heterocycles. The van der Waals surface area contributed by atoms with Crippen molar-refractivity contribution < 1.29 is 9.53 Å². The minimum Gasteiger partial charge on any atom is -0.466 e. The zero-order valence-corrected chi connectivity index (χ0v) is 23.0. The minimum absolute atomic E-state index is 0.00322. The lowest BCUT2D eigenvalue weighted by Gasteiger charge is -2.05. The lowest BCUT2D eigenvalue weighted by atomic mass is 10.1. The maximum absolute atomic E-state index is 11.8. The molecule has 0 aliphatic heterocycles. The van der Waals surface area contributed by atoms with Gasteiger partial charge in [-0.3, -0.25) is 4.79 Å². The summed E-state index contributed by atoms with van der Waals surface area (Å²) in [5.74, 6) is 0.00322. The lowest BCUT2D eigenvalue weighted by molar-refractivity contribution is -0.143. The molecule has 2 heteroatoms. The highest BCUT2D eigenvalue weighted by Crippen LogP contribution is 2.12. The molecule has 0 fully saturated rings. The zero-order valence-electron chi connectivity index (χ0n) is 23.0. The van der Waals surface area contributed by atoms with Crippen LogP contribution in [-0.2, 0) is 9.53 Å². The number of carbonyl (C=O) groups excluding carboxylic acids is 1. The fourth-order valence-corrected chi connectivity index (χ4v) is 4.09. The molecule has 0 amide bonds. The second-order valence-corrected chi connectivity index (χ2v) is 9.73. The maximum Gasteiger partial charge on any atom is 0.305 e. The van der Waals surface area contributed by atoms with Crippen LogP contribution in [0, 0.1) is 0 Å². The van der Waals surface area contributed by atoms with Crippen LogP contribution in [0.25, 0.3) is 0 Å². The fraction of sp³-hybridized carbons (Fsp3) is 0.781. The van der Waals surface area contributed by atoms with Gasteiger partial charge in [-0.1, -0.05) is 114 Å². The Hall–Kier alpha value is -1.31. The van der Waals surface area contributed by atoms with Gasteiger partial charge in [-0.05, 0) is 71.1 Å². The zero-order chi connectivity index (χ0) is 24.8. The molecule has 0 bridgehead atoms. The van der Waals surface area contributed by atoms with Crippen molar-refractivity contribution in [3.63, 3.8) is 0 Å². The van der Waals surface area contributed by atoms with E-state index in [-0.39, 0.29) is 5.97 Å². The summed E-state index contributed by atoms with van der Waals surface area (Å²) in [5, 5.41) is 0. The van der Waals surface area contributed by atoms with Crippen molar-refractivity contribution >= 4 is 5.97 Å². The third-order valence-electron chi connectivity index (χ3n) is 6.32. The van der Waals surface area contributed by atoms with Crippen molar-refractivity contribution in [2.24, 2.45) is 0 Å². The molecule has 0 atom stereocenters. The molecule has 0 aromatic carbocycles. The summed E-state index contributed by atoms with van der Waals surface area (Å²) in [6.45, 7) is 4.95. The van der Waals surface area contributed by atoms with Gasteiger partial charge in [0.1, 0.15) is 0 Å². The van der Waals surface area contributed by atoms with Crippen molar-refractivity contribution in [3.05, 3.63) is 36.5 Å². The Morgan fingerprint density at radius 1 is 0.529 bits per heavy atom. The van der Waals surface area contributed by atoms with Gasteiger partial charge in [-0.25, -0.2) is 0 Å². The van der Waals surface area contributed by atoms with Crippen molar-refractivity contribution in [2.75, 3.05) is 6.61 Å². The predicted octanol–water partition coefficient (Wildman–Crippen LogP) is 10.8. The molecule has 0 radical (unpaired) electrons. The van der Waals surface area contributed by atoms with Gasteiger partial charge in [-0.2, -0.15) is 0 Å². The smallest absolute Gasteiger partial charge is 0.305 e. The molecule has 0 saturated heterocycles. The van der Waals surface area contributed by atoms with E-state index in [0.29, 0.717) is 13.0 Å². The monoisotopic (exact) mass is 474 g/mol. The summed E-state index contributed by atoms with van der Waals surface area (Å²) in [6, 6.07) is 0. The van der Waals surface area contributed by atoms with Crippen molar-refractivity contribution in [1.82, 2.24) is 0 Å². The van der Waals surface area contributed by atoms with Crippen LogP contribution in [0.4, 0.5) is 0 Å². The quantitative estimate of drug-likeness (QED) is 0.0707. The number of rotatable bonds is 26. The average Bonchev–Trinajstić information content (AvgIpc) is 2.84. The van der Waals surface area contributed by atoms with Gasteiger partial charge >= 0.3 is 5.97 Å². The molecule has 2 nitrogen and oxygen atoms in total. The van der Waals surface area contributed by atoms with Crippen LogP contribution >= 0.6 is 0 Å².